The molecule has 10 heteroatoms. The van der Waals surface area contributed by atoms with E-state index in [9.17, 15) is 29.4 Å². The van der Waals surface area contributed by atoms with Crippen molar-refractivity contribution in [2.45, 2.75) is 105 Å². The van der Waals surface area contributed by atoms with Crippen molar-refractivity contribution in [3.05, 3.63) is 70.8 Å². The molecule has 0 saturated heterocycles. The zero-order valence-corrected chi connectivity index (χ0v) is 33.0. The summed E-state index contributed by atoms with van der Waals surface area (Å²) in [6.07, 6.45) is 0. The van der Waals surface area contributed by atoms with Crippen LogP contribution in [0.2, 0.25) is 0 Å². The Bertz CT molecular complexity index is 1940. The number of carbonyl (C=O) groups excluding carboxylic acids is 2. The SMILES string of the molecule is CC(C)(C)NC(C)(C)C.CC(C)(C)NC(C)(C)C.COC(=O)c1ccc2c3ccc(C(=O)O)c4c(C(=O)OC)ccc(c5ccc(C(=O)O)c1c52)c43. The molecule has 0 fully saturated rings. The Morgan fingerprint density at radius 3 is 0.827 bits per heavy atom. The molecule has 4 N–H and O–H groups in total. The van der Waals surface area contributed by atoms with Gasteiger partial charge in [0.2, 0.25) is 0 Å². The Balaban J connectivity index is 0.000000335. The van der Waals surface area contributed by atoms with Gasteiger partial charge in [0.1, 0.15) is 0 Å². The van der Waals surface area contributed by atoms with Gasteiger partial charge in [-0.25, -0.2) is 19.2 Å². The van der Waals surface area contributed by atoms with Gasteiger partial charge in [0.05, 0.1) is 36.5 Å². The predicted molar refractivity (Wildman–Crippen MR) is 210 cm³/mol. The van der Waals surface area contributed by atoms with E-state index in [1.807, 2.05) is 0 Å². The van der Waals surface area contributed by atoms with Crippen LogP contribution in [0.4, 0.5) is 0 Å². The highest BCUT2D eigenvalue weighted by atomic mass is 16.5. The standard InChI is InChI=1S/C26H16O8.2C8H19N/c1-33-25(31)17-9-5-13-12-4-8-16(24(29)30)22-18(26(32)34-2)10-6-14(20(12)22)11-3-7-15(23(27)28)21(17)19(11)13;2*1-7(2,3)9-8(4,5)6/h3-10H,1-2H3,(H,27,28)(H,29,30);2*9H,1-6H3. The summed E-state index contributed by atoms with van der Waals surface area (Å²) in [4.78, 5) is 49.1. The molecule has 0 radical (unpaired) electrons. The molecule has 0 heterocycles. The molecule has 52 heavy (non-hydrogen) atoms. The third-order valence-electron chi connectivity index (χ3n) is 7.67. The molecule has 5 rings (SSSR count). The summed E-state index contributed by atoms with van der Waals surface area (Å²) in [6.45, 7) is 26.1. The summed E-state index contributed by atoms with van der Waals surface area (Å²) in [5, 5.41) is 30.5. The number of benzene rings is 5. The first-order chi connectivity index (χ1) is 23.7. The van der Waals surface area contributed by atoms with Crippen LogP contribution in [0, 0.1) is 0 Å². The van der Waals surface area contributed by atoms with Crippen LogP contribution in [0.25, 0.3) is 43.1 Å². The van der Waals surface area contributed by atoms with Crippen molar-refractivity contribution in [3.8, 4) is 0 Å². The zero-order valence-electron chi connectivity index (χ0n) is 33.0. The highest BCUT2D eigenvalue weighted by molar-refractivity contribution is 6.38. The first-order valence-corrected chi connectivity index (χ1v) is 17.1. The number of carboxylic acids is 2. The number of hydrogen-bond acceptors (Lipinski definition) is 8. The minimum Gasteiger partial charge on any atom is -0.478 e. The summed E-state index contributed by atoms with van der Waals surface area (Å²) in [5.41, 5.74) is 1.03. The molecule has 280 valence electrons. The van der Waals surface area contributed by atoms with Gasteiger partial charge in [-0.2, -0.15) is 0 Å². The smallest absolute Gasteiger partial charge is 0.338 e. The van der Waals surface area contributed by atoms with E-state index in [1.165, 1.54) is 38.5 Å². The van der Waals surface area contributed by atoms with Gasteiger partial charge in [0, 0.05) is 32.9 Å². The predicted octanol–water partition coefficient (Wildman–Crippen LogP) is 9.05. The summed E-state index contributed by atoms with van der Waals surface area (Å²) in [6, 6.07) is 12.4. The van der Waals surface area contributed by atoms with Crippen molar-refractivity contribution >= 4 is 67.0 Å². The molecular formula is C42H54N2O8. The van der Waals surface area contributed by atoms with Crippen LogP contribution in [-0.2, 0) is 9.47 Å². The maximum atomic E-state index is 12.5. The van der Waals surface area contributed by atoms with Gasteiger partial charge >= 0.3 is 23.9 Å². The van der Waals surface area contributed by atoms with Crippen LogP contribution in [0.5, 0.6) is 0 Å². The van der Waals surface area contributed by atoms with Crippen molar-refractivity contribution in [2.24, 2.45) is 0 Å². The summed E-state index contributed by atoms with van der Waals surface area (Å²) >= 11 is 0. The molecule has 10 nitrogen and oxygen atoms in total. The van der Waals surface area contributed by atoms with Crippen LogP contribution in [0.3, 0.4) is 0 Å². The fraction of sp³-hybridized carbons (Fsp3) is 0.429. The van der Waals surface area contributed by atoms with Crippen molar-refractivity contribution < 1.29 is 38.9 Å². The lowest BCUT2D eigenvalue weighted by Gasteiger charge is -2.31. The minimum atomic E-state index is -1.20. The van der Waals surface area contributed by atoms with Crippen molar-refractivity contribution in [1.82, 2.24) is 10.6 Å². The van der Waals surface area contributed by atoms with Crippen molar-refractivity contribution in [2.75, 3.05) is 14.2 Å². The first kappa shape index (κ1) is 41.6. The number of rotatable bonds is 4. The Morgan fingerprint density at radius 1 is 0.423 bits per heavy atom. The summed E-state index contributed by atoms with van der Waals surface area (Å²) in [5.74, 6) is -3.76. The number of ether oxygens (including phenoxy) is 2. The highest BCUT2D eigenvalue weighted by Gasteiger charge is 2.26. The van der Waals surface area contributed by atoms with Crippen LogP contribution < -0.4 is 10.6 Å². The molecule has 0 aliphatic heterocycles. The molecule has 0 aliphatic rings. The number of esters is 2. The molecule has 0 bridgehead atoms. The average molecular weight is 715 g/mol. The normalized spacial score (nSPS) is 12.3. The molecule has 5 aromatic rings. The maximum absolute atomic E-state index is 12.5. The highest BCUT2D eigenvalue weighted by Crippen LogP contribution is 2.44. The summed E-state index contributed by atoms with van der Waals surface area (Å²) in [7, 11) is 2.44. The molecule has 0 amide bonds. The maximum Gasteiger partial charge on any atom is 0.338 e. The van der Waals surface area contributed by atoms with E-state index >= 15 is 0 Å². The van der Waals surface area contributed by atoms with Gasteiger partial charge in [-0.15, -0.1) is 0 Å². The Labute approximate surface area is 306 Å². The third kappa shape index (κ3) is 9.74. The second-order valence-electron chi connectivity index (χ2n) is 17.0. The van der Waals surface area contributed by atoms with Crippen molar-refractivity contribution in [3.63, 3.8) is 0 Å². The van der Waals surface area contributed by atoms with Gasteiger partial charge in [0.15, 0.2) is 0 Å². The lowest BCUT2D eigenvalue weighted by Crippen LogP contribution is -2.48. The lowest BCUT2D eigenvalue weighted by molar-refractivity contribution is 0.0593. The average Bonchev–Trinajstić information content (AvgIpc) is 2.98. The van der Waals surface area contributed by atoms with E-state index in [1.54, 1.807) is 24.3 Å². The van der Waals surface area contributed by atoms with Gasteiger partial charge in [-0.1, -0.05) is 24.3 Å². The Morgan fingerprint density at radius 2 is 0.654 bits per heavy atom. The Kier molecular flexibility index (Phi) is 12.0. The van der Waals surface area contributed by atoms with Gasteiger partial charge in [-0.05, 0) is 140 Å². The van der Waals surface area contributed by atoms with Crippen LogP contribution in [-0.4, -0.2) is 70.5 Å². The van der Waals surface area contributed by atoms with E-state index in [-0.39, 0.29) is 55.2 Å². The van der Waals surface area contributed by atoms with Gasteiger partial charge in [0.25, 0.3) is 0 Å². The quantitative estimate of drug-likeness (QED) is 0.0806. The van der Waals surface area contributed by atoms with E-state index < -0.39 is 23.9 Å². The minimum absolute atomic E-state index is 0.0611. The zero-order chi connectivity index (χ0) is 39.7. The van der Waals surface area contributed by atoms with Gasteiger partial charge < -0.3 is 30.3 Å². The number of fused-ring (bicyclic) bond motifs is 2. The fourth-order valence-corrected chi connectivity index (χ4v) is 7.06. The van der Waals surface area contributed by atoms with Crippen LogP contribution >= 0.6 is 0 Å². The van der Waals surface area contributed by atoms with E-state index in [2.05, 4.69) is 93.7 Å². The second kappa shape index (κ2) is 15.0. The molecule has 0 atom stereocenters. The Hall–Kier alpha value is -4.80. The van der Waals surface area contributed by atoms with Crippen LogP contribution in [0.1, 0.15) is 125 Å². The number of carboxylic acid groups (broad SMARTS) is 2. The number of methoxy groups -OCH3 is 2. The monoisotopic (exact) mass is 714 g/mol. The van der Waals surface area contributed by atoms with E-state index in [0.717, 1.165) is 0 Å². The molecule has 0 spiro atoms. The molecule has 0 aromatic heterocycles. The fourth-order valence-electron chi connectivity index (χ4n) is 7.06. The van der Waals surface area contributed by atoms with Gasteiger partial charge in [-0.3, -0.25) is 0 Å². The third-order valence-corrected chi connectivity index (χ3v) is 7.67. The van der Waals surface area contributed by atoms with E-state index in [0.29, 0.717) is 32.3 Å². The molecular weight excluding hydrogens is 660 g/mol. The topological polar surface area (TPSA) is 151 Å². The number of carbonyl (C=O) groups is 4. The second-order valence-corrected chi connectivity index (χ2v) is 17.0. The number of nitrogens with one attached hydrogen (secondary N) is 2. The van der Waals surface area contributed by atoms with Crippen molar-refractivity contribution in [1.29, 1.82) is 0 Å². The largest absolute Gasteiger partial charge is 0.478 e. The molecule has 0 unspecified atom stereocenters. The molecule has 5 aromatic carbocycles. The summed E-state index contributed by atoms with van der Waals surface area (Å²) < 4.78 is 9.77. The number of hydrogen-bond donors (Lipinski definition) is 4. The van der Waals surface area contributed by atoms with E-state index in [4.69, 9.17) is 9.47 Å². The lowest BCUT2D eigenvalue weighted by atomic mass is 9.84. The number of aromatic carboxylic acids is 2. The first-order valence-electron chi connectivity index (χ1n) is 17.1. The molecule has 0 aliphatic carbocycles. The van der Waals surface area contributed by atoms with Crippen LogP contribution in [0.15, 0.2) is 48.5 Å². The molecule has 0 saturated carbocycles.